The van der Waals surface area contributed by atoms with E-state index >= 15 is 0 Å². The van der Waals surface area contributed by atoms with Crippen LogP contribution < -0.4 is 10.8 Å². The van der Waals surface area contributed by atoms with Gasteiger partial charge in [0.2, 0.25) is 0 Å². The van der Waals surface area contributed by atoms with Gasteiger partial charge in [0.1, 0.15) is 0 Å². The normalized spacial score (nSPS) is 24.3. The molecule has 0 bridgehead atoms. The number of nitrogens with one attached hydrogen (secondary N) is 2. The van der Waals surface area contributed by atoms with Crippen molar-refractivity contribution in [2.24, 2.45) is 0 Å². The van der Waals surface area contributed by atoms with Crippen LogP contribution in [0, 0.1) is 0 Å². The Balaban J connectivity index is 0. The number of rotatable bonds is 1. The van der Waals surface area contributed by atoms with Crippen molar-refractivity contribution in [2.45, 2.75) is 18.9 Å². The van der Waals surface area contributed by atoms with Gasteiger partial charge in [0.05, 0.1) is 0 Å². The van der Waals surface area contributed by atoms with Gasteiger partial charge in [0, 0.05) is 12.6 Å². The molecule has 1 aliphatic rings. The summed E-state index contributed by atoms with van der Waals surface area (Å²) in [7, 11) is 0. The summed E-state index contributed by atoms with van der Waals surface area (Å²) in [6, 6.07) is 0.281. The summed E-state index contributed by atoms with van der Waals surface area (Å²) >= 11 is 0. The van der Waals surface area contributed by atoms with Crippen molar-refractivity contribution >= 4 is 24.8 Å². The fourth-order valence-electron chi connectivity index (χ4n) is 0.962. The van der Waals surface area contributed by atoms with E-state index in [0.29, 0.717) is 0 Å². The van der Waals surface area contributed by atoms with Gasteiger partial charge in [-0.1, -0.05) is 0 Å². The number of piperidine rings is 1. The summed E-state index contributed by atoms with van der Waals surface area (Å²) in [5.74, 6) is 0. The standard InChI is InChI=1S/C5H12N2O.2ClH/c8-7-5-2-1-3-6-4-5;;/h5-8H,1-4H2;2*1H. The van der Waals surface area contributed by atoms with Crippen LogP contribution in [0.3, 0.4) is 0 Å². The first-order chi connectivity index (χ1) is 3.93. The molecule has 0 aromatic heterocycles. The van der Waals surface area contributed by atoms with Gasteiger partial charge in [-0.3, -0.25) is 0 Å². The summed E-state index contributed by atoms with van der Waals surface area (Å²) in [5, 5.41) is 11.6. The van der Waals surface area contributed by atoms with Gasteiger partial charge in [-0.15, -0.1) is 24.8 Å². The second-order valence-electron chi connectivity index (χ2n) is 2.17. The van der Waals surface area contributed by atoms with Crippen molar-refractivity contribution in [1.82, 2.24) is 10.8 Å². The highest BCUT2D eigenvalue weighted by molar-refractivity contribution is 5.85. The van der Waals surface area contributed by atoms with Crippen LogP contribution in [0.4, 0.5) is 0 Å². The van der Waals surface area contributed by atoms with Gasteiger partial charge >= 0.3 is 0 Å². The lowest BCUT2D eigenvalue weighted by Gasteiger charge is -2.20. The molecule has 1 fully saturated rings. The maximum absolute atomic E-state index is 8.40. The molecule has 64 valence electrons. The first-order valence-corrected chi connectivity index (χ1v) is 3.04. The number of hydrogen-bond donors (Lipinski definition) is 3. The second kappa shape index (κ2) is 7.57. The van der Waals surface area contributed by atoms with Crippen LogP contribution in [0.1, 0.15) is 12.8 Å². The van der Waals surface area contributed by atoms with Crippen molar-refractivity contribution < 1.29 is 5.21 Å². The van der Waals surface area contributed by atoms with Crippen LogP contribution >= 0.6 is 24.8 Å². The van der Waals surface area contributed by atoms with E-state index < -0.39 is 0 Å². The molecule has 1 heterocycles. The monoisotopic (exact) mass is 188 g/mol. The largest absolute Gasteiger partial charge is 0.316 e. The van der Waals surface area contributed by atoms with Gasteiger partial charge in [0.15, 0.2) is 0 Å². The van der Waals surface area contributed by atoms with Crippen LogP contribution in [-0.4, -0.2) is 24.3 Å². The average molecular weight is 189 g/mol. The van der Waals surface area contributed by atoms with E-state index in [1.807, 2.05) is 0 Å². The molecule has 1 unspecified atom stereocenters. The molecule has 5 heteroatoms. The summed E-state index contributed by atoms with van der Waals surface area (Å²) in [5.41, 5.74) is 2.24. The molecule has 0 aliphatic carbocycles. The zero-order valence-corrected chi connectivity index (χ0v) is 7.30. The highest BCUT2D eigenvalue weighted by Crippen LogP contribution is 1.98. The highest BCUT2D eigenvalue weighted by Gasteiger charge is 2.09. The minimum atomic E-state index is 0. The van der Waals surface area contributed by atoms with E-state index in [-0.39, 0.29) is 30.9 Å². The molecule has 1 atom stereocenters. The number of hydroxylamine groups is 1. The maximum Gasteiger partial charge on any atom is 0.0444 e. The summed E-state index contributed by atoms with van der Waals surface area (Å²) in [6.07, 6.45) is 2.25. The molecular weight excluding hydrogens is 175 g/mol. The quantitative estimate of drug-likeness (QED) is 0.528. The Hall–Kier alpha value is 0.460. The molecule has 0 aromatic carbocycles. The molecular formula is C5H14Cl2N2O. The molecule has 0 radical (unpaired) electrons. The Morgan fingerprint density at radius 1 is 1.40 bits per heavy atom. The van der Waals surface area contributed by atoms with Gasteiger partial charge in [-0.25, -0.2) is 5.48 Å². The van der Waals surface area contributed by atoms with E-state index in [0.717, 1.165) is 25.9 Å². The van der Waals surface area contributed by atoms with Crippen LogP contribution in [0.15, 0.2) is 0 Å². The van der Waals surface area contributed by atoms with Gasteiger partial charge in [0.25, 0.3) is 0 Å². The van der Waals surface area contributed by atoms with Gasteiger partial charge < -0.3 is 10.5 Å². The Morgan fingerprint density at radius 3 is 2.40 bits per heavy atom. The maximum atomic E-state index is 8.40. The number of halogens is 2. The zero-order valence-electron chi connectivity index (χ0n) is 5.67. The van der Waals surface area contributed by atoms with E-state index in [1.165, 1.54) is 0 Å². The Kier molecular flexibility index (Phi) is 9.90. The van der Waals surface area contributed by atoms with E-state index in [1.54, 1.807) is 0 Å². The lowest BCUT2D eigenvalue weighted by molar-refractivity contribution is 0.113. The SMILES string of the molecule is Cl.Cl.ONC1CCCNC1. The summed E-state index contributed by atoms with van der Waals surface area (Å²) in [4.78, 5) is 0. The first kappa shape index (κ1) is 13.1. The predicted octanol–water partition coefficient (Wildman–Crippen LogP) is 0.561. The lowest BCUT2D eigenvalue weighted by atomic mass is 10.1. The Labute approximate surface area is 73.3 Å². The highest BCUT2D eigenvalue weighted by atomic mass is 35.5. The molecule has 0 saturated carbocycles. The lowest BCUT2D eigenvalue weighted by Crippen LogP contribution is -2.41. The molecule has 1 saturated heterocycles. The van der Waals surface area contributed by atoms with Crippen LogP contribution in [0.2, 0.25) is 0 Å². The smallest absolute Gasteiger partial charge is 0.0444 e. The third-order valence-corrected chi connectivity index (χ3v) is 1.48. The second-order valence-corrected chi connectivity index (χ2v) is 2.17. The fourth-order valence-corrected chi connectivity index (χ4v) is 0.962. The van der Waals surface area contributed by atoms with Crippen LogP contribution in [0.5, 0.6) is 0 Å². The van der Waals surface area contributed by atoms with Gasteiger partial charge in [-0.05, 0) is 19.4 Å². The Bertz CT molecular complexity index is 68.7. The van der Waals surface area contributed by atoms with Crippen molar-refractivity contribution in [3.05, 3.63) is 0 Å². The minimum Gasteiger partial charge on any atom is -0.316 e. The molecule has 1 aliphatic heterocycles. The van der Waals surface area contributed by atoms with Crippen molar-refractivity contribution in [3.63, 3.8) is 0 Å². The van der Waals surface area contributed by atoms with Crippen LogP contribution in [-0.2, 0) is 0 Å². The molecule has 10 heavy (non-hydrogen) atoms. The van der Waals surface area contributed by atoms with Crippen molar-refractivity contribution in [2.75, 3.05) is 13.1 Å². The fraction of sp³-hybridized carbons (Fsp3) is 1.00. The molecule has 0 aromatic rings. The van der Waals surface area contributed by atoms with E-state index in [4.69, 9.17) is 5.21 Å². The van der Waals surface area contributed by atoms with E-state index in [2.05, 4.69) is 10.8 Å². The summed E-state index contributed by atoms with van der Waals surface area (Å²) < 4.78 is 0. The first-order valence-electron chi connectivity index (χ1n) is 3.04. The predicted molar refractivity (Wildman–Crippen MR) is 45.3 cm³/mol. The average Bonchev–Trinajstić information content (AvgIpc) is 1.90. The van der Waals surface area contributed by atoms with E-state index in [9.17, 15) is 0 Å². The van der Waals surface area contributed by atoms with Crippen molar-refractivity contribution in [3.8, 4) is 0 Å². The third kappa shape index (κ3) is 4.30. The topological polar surface area (TPSA) is 44.3 Å². The van der Waals surface area contributed by atoms with Crippen LogP contribution in [0.25, 0.3) is 0 Å². The minimum absolute atomic E-state index is 0. The Morgan fingerprint density at radius 2 is 2.10 bits per heavy atom. The molecule has 1 rings (SSSR count). The van der Waals surface area contributed by atoms with Crippen molar-refractivity contribution in [1.29, 1.82) is 0 Å². The molecule has 3 nitrogen and oxygen atoms in total. The molecule has 0 amide bonds. The van der Waals surface area contributed by atoms with Gasteiger partial charge in [-0.2, -0.15) is 0 Å². The summed E-state index contributed by atoms with van der Waals surface area (Å²) in [6.45, 7) is 1.99. The third-order valence-electron chi connectivity index (χ3n) is 1.48. The molecule has 0 spiro atoms. The molecule has 3 N–H and O–H groups in total. The zero-order chi connectivity index (χ0) is 5.82. The number of hydrogen-bond acceptors (Lipinski definition) is 3.